The molecular formula is C18H12BrI2N3O4. The number of carbonyl (C=O) groups is 1. The van der Waals surface area contributed by atoms with Gasteiger partial charge in [-0.15, -0.1) is 0 Å². The minimum absolute atomic E-state index is 0.258. The van der Waals surface area contributed by atoms with E-state index in [1.807, 2.05) is 6.07 Å². The number of benzene rings is 2. The van der Waals surface area contributed by atoms with Gasteiger partial charge < -0.3 is 9.84 Å². The van der Waals surface area contributed by atoms with E-state index in [0.29, 0.717) is 22.5 Å². The number of hydrogen-bond acceptors (Lipinski definition) is 5. The Morgan fingerprint density at radius 1 is 1.32 bits per heavy atom. The lowest BCUT2D eigenvalue weighted by Crippen LogP contribution is -2.20. The van der Waals surface area contributed by atoms with E-state index in [4.69, 9.17) is 9.84 Å². The molecule has 0 spiro atoms. The second-order valence-electron chi connectivity index (χ2n) is 5.68. The zero-order valence-electron chi connectivity index (χ0n) is 14.3. The van der Waals surface area contributed by atoms with Crippen LogP contribution in [0.2, 0.25) is 0 Å². The number of aliphatic carboxylic acids is 1. The van der Waals surface area contributed by atoms with Gasteiger partial charge in [0, 0.05) is 4.47 Å². The van der Waals surface area contributed by atoms with Gasteiger partial charge in [-0.05, 0) is 88.0 Å². The Balaban J connectivity index is 1.98. The summed E-state index contributed by atoms with van der Waals surface area (Å²) in [5.41, 5.74) is 1.10. The van der Waals surface area contributed by atoms with Crippen molar-refractivity contribution in [3.63, 3.8) is 0 Å². The summed E-state index contributed by atoms with van der Waals surface area (Å²) in [6.45, 7) is 1.31. The molecule has 0 amide bonds. The van der Waals surface area contributed by atoms with Crippen LogP contribution in [0.1, 0.15) is 11.4 Å². The molecule has 0 atom stereocenters. The number of ether oxygens (including phenoxy) is 1. The smallest absolute Gasteiger partial charge is 0.341 e. The summed E-state index contributed by atoms with van der Waals surface area (Å²) in [5, 5.41) is 13.5. The lowest BCUT2D eigenvalue weighted by Gasteiger charge is -2.09. The van der Waals surface area contributed by atoms with Gasteiger partial charge in [0.05, 0.1) is 24.3 Å². The van der Waals surface area contributed by atoms with Crippen molar-refractivity contribution in [3.8, 4) is 5.75 Å². The van der Waals surface area contributed by atoms with E-state index < -0.39 is 12.6 Å². The van der Waals surface area contributed by atoms with Gasteiger partial charge in [-0.25, -0.2) is 9.78 Å². The van der Waals surface area contributed by atoms with Gasteiger partial charge in [0.25, 0.3) is 5.56 Å². The van der Waals surface area contributed by atoms with Gasteiger partial charge in [0.2, 0.25) is 0 Å². The maximum Gasteiger partial charge on any atom is 0.341 e. The van der Waals surface area contributed by atoms with Crippen LogP contribution < -0.4 is 10.3 Å². The molecule has 0 aliphatic carbocycles. The molecule has 0 unspecified atom stereocenters. The molecule has 7 nitrogen and oxygen atoms in total. The van der Waals surface area contributed by atoms with Crippen molar-refractivity contribution in [1.29, 1.82) is 0 Å². The first kappa shape index (κ1) is 21.2. The van der Waals surface area contributed by atoms with Crippen LogP contribution >= 0.6 is 61.1 Å². The highest BCUT2D eigenvalue weighted by Gasteiger charge is 2.11. The maximum absolute atomic E-state index is 12.8. The van der Waals surface area contributed by atoms with E-state index >= 15 is 0 Å². The van der Waals surface area contributed by atoms with E-state index in [1.165, 1.54) is 4.68 Å². The number of nitrogens with zero attached hydrogens (tertiary/aromatic N) is 3. The molecule has 2 aromatic carbocycles. The predicted molar refractivity (Wildman–Crippen MR) is 126 cm³/mol. The van der Waals surface area contributed by atoms with Gasteiger partial charge in [0.15, 0.2) is 6.61 Å². The quantitative estimate of drug-likeness (QED) is 0.328. The highest BCUT2D eigenvalue weighted by atomic mass is 127. The Kier molecular flexibility index (Phi) is 6.70. The summed E-state index contributed by atoms with van der Waals surface area (Å²) in [6, 6.07) is 8.93. The Morgan fingerprint density at radius 3 is 2.64 bits per heavy atom. The number of carboxylic acid groups (broad SMARTS) is 1. The third-order valence-corrected chi connectivity index (χ3v) is 5.75. The highest BCUT2D eigenvalue weighted by molar-refractivity contribution is 14.1. The topological polar surface area (TPSA) is 93.8 Å². The fourth-order valence-corrected chi connectivity index (χ4v) is 4.93. The van der Waals surface area contributed by atoms with Crippen LogP contribution in [-0.4, -0.2) is 33.6 Å². The monoisotopic (exact) mass is 667 g/mol. The molecular weight excluding hydrogens is 656 g/mol. The molecule has 28 heavy (non-hydrogen) atoms. The zero-order chi connectivity index (χ0) is 20.4. The van der Waals surface area contributed by atoms with Crippen LogP contribution in [-0.2, 0) is 4.79 Å². The number of fused-ring (bicyclic) bond motifs is 1. The van der Waals surface area contributed by atoms with Crippen molar-refractivity contribution in [3.05, 3.63) is 63.7 Å². The number of aryl methyl sites for hydroxylation is 1. The van der Waals surface area contributed by atoms with Crippen LogP contribution in [0.5, 0.6) is 5.75 Å². The van der Waals surface area contributed by atoms with Gasteiger partial charge in [-0.3, -0.25) is 4.79 Å². The summed E-state index contributed by atoms with van der Waals surface area (Å²) in [6.07, 6.45) is 1.56. The van der Waals surface area contributed by atoms with E-state index in [-0.39, 0.29) is 5.56 Å². The second kappa shape index (κ2) is 8.86. The van der Waals surface area contributed by atoms with Crippen molar-refractivity contribution >= 4 is 84.2 Å². The lowest BCUT2D eigenvalue weighted by molar-refractivity contribution is -0.139. The summed E-state index contributed by atoms with van der Waals surface area (Å²) in [7, 11) is 0. The second-order valence-corrected chi connectivity index (χ2v) is 8.92. The fourth-order valence-electron chi connectivity index (χ4n) is 2.45. The van der Waals surface area contributed by atoms with Crippen LogP contribution in [0.3, 0.4) is 0 Å². The van der Waals surface area contributed by atoms with E-state index in [1.54, 1.807) is 37.4 Å². The standard InChI is InChI=1S/C18H12BrI2N3O4/c1-9-23-15-3-2-11(19)6-12(15)18(27)24(9)22-7-10-4-13(20)17(14(21)5-10)28-8-16(25)26/h2-7H,8H2,1H3,(H,25,26). The summed E-state index contributed by atoms with van der Waals surface area (Å²) in [4.78, 5) is 27.9. The first-order valence-electron chi connectivity index (χ1n) is 7.83. The van der Waals surface area contributed by atoms with Crippen LogP contribution in [0, 0.1) is 14.1 Å². The third kappa shape index (κ3) is 4.71. The van der Waals surface area contributed by atoms with E-state index in [2.05, 4.69) is 71.2 Å². The van der Waals surface area contributed by atoms with E-state index in [0.717, 1.165) is 17.2 Å². The molecule has 1 aromatic heterocycles. The molecule has 144 valence electrons. The zero-order valence-corrected chi connectivity index (χ0v) is 20.2. The average molecular weight is 668 g/mol. The molecule has 0 bridgehead atoms. The number of halogens is 3. The largest absolute Gasteiger partial charge is 0.480 e. The normalized spacial score (nSPS) is 11.3. The predicted octanol–water partition coefficient (Wildman–Crippen LogP) is 4.02. The first-order valence-corrected chi connectivity index (χ1v) is 10.8. The molecule has 1 N–H and O–H groups in total. The Labute approximate surface area is 195 Å². The molecule has 0 saturated heterocycles. The molecule has 0 fully saturated rings. The minimum atomic E-state index is -1.04. The molecule has 1 heterocycles. The number of carboxylic acids is 1. The third-order valence-electron chi connectivity index (χ3n) is 3.65. The van der Waals surface area contributed by atoms with Gasteiger partial charge >= 0.3 is 5.97 Å². The van der Waals surface area contributed by atoms with Gasteiger partial charge in [-0.2, -0.15) is 9.78 Å². The number of aromatic nitrogens is 2. The number of rotatable bonds is 5. The highest BCUT2D eigenvalue weighted by Crippen LogP contribution is 2.28. The minimum Gasteiger partial charge on any atom is -0.480 e. The summed E-state index contributed by atoms with van der Waals surface area (Å²) < 4.78 is 8.85. The average Bonchev–Trinajstić information content (AvgIpc) is 2.61. The lowest BCUT2D eigenvalue weighted by atomic mass is 10.2. The molecule has 0 saturated carbocycles. The van der Waals surface area contributed by atoms with Crippen molar-refractivity contribution < 1.29 is 14.6 Å². The van der Waals surface area contributed by atoms with Crippen molar-refractivity contribution in [1.82, 2.24) is 9.66 Å². The molecule has 0 aliphatic heterocycles. The van der Waals surface area contributed by atoms with Crippen molar-refractivity contribution in [2.45, 2.75) is 6.92 Å². The molecule has 3 rings (SSSR count). The molecule has 0 aliphatic rings. The van der Waals surface area contributed by atoms with E-state index in [9.17, 15) is 9.59 Å². The van der Waals surface area contributed by atoms with Gasteiger partial charge in [-0.1, -0.05) is 15.9 Å². The summed E-state index contributed by atoms with van der Waals surface area (Å²) >= 11 is 7.51. The van der Waals surface area contributed by atoms with Crippen molar-refractivity contribution in [2.24, 2.45) is 5.10 Å². The molecule has 3 aromatic rings. The Bertz CT molecular complexity index is 1150. The Hall–Kier alpha value is -1.54. The van der Waals surface area contributed by atoms with Crippen LogP contribution in [0.25, 0.3) is 10.9 Å². The summed E-state index contributed by atoms with van der Waals surface area (Å²) in [5.74, 6) is -0.0595. The molecule has 0 radical (unpaired) electrons. The fraction of sp³-hybridized carbons (Fsp3) is 0.111. The first-order chi connectivity index (χ1) is 13.3. The number of hydrogen-bond donors (Lipinski definition) is 1. The Morgan fingerprint density at radius 2 is 2.00 bits per heavy atom. The maximum atomic E-state index is 12.8. The van der Waals surface area contributed by atoms with Gasteiger partial charge in [0.1, 0.15) is 11.6 Å². The van der Waals surface area contributed by atoms with Crippen LogP contribution in [0.4, 0.5) is 0 Å². The van der Waals surface area contributed by atoms with Crippen LogP contribution in [0.15, 0.2) is 44.7 Å². The SMILES string of the molecule is Cc1nc2ccc(Br)cc2c(=O)n1N=Cc1cc(I)c(OCC(=O)O)c(I)c1. The van der Waals surface area contributed by atoms with Crippen molar-refractivity contribution in [2.75, 3.05) is 6.61 Å². The molecule has 10 heteroatoms.